The summed E-state index contributed by atoms with van der Waals surface area (Å²) in [6, 6.07) is 6.03. The average molecular weight is 202 g/mol. The SMILES string of the molecule is CN1Cc2cccc(C3(N)CC3)c2C1=O. The summed E-state index contributed by atoms with van der Waals surface area (Å²) in [6.07, 6.45) is 2.00. The maximum Gasteiger partial charge on any atom is 0.254 e. The predicted molar refractivity (Wildman–Crippen MR) is 57.3 cm³/mol. The second kappa shape index (κ2) is 2.61. The van der Waals surface area contributed by atoms with Crippen molar-refractivity contribution in [1.82, 2.24) is 4.90 Å². The summed E-state index contributed by atoms with van der Waals surface area (Å²) in [5.74, 6) is 0.123. The van der Waals surface area contributed by atoms with Gasteiger partial charge in [0.2, 0.25) is 0 Å². The fraction of sp³-hybridized carbons (Fsp3) is 0.417. The van der Waals surface area contributed by atoms with Crippen molar-refractivity contribution in [3.63, 3.8) is 0 Å². The molecular weight excluding hydrogens is 188 g/mol. The van der Waals surface area contributed by atoms with Crippen LogP contribution in [0.3, 0.4) is 0 Å². The summed E-state index contributed by atoms with van der Waals surface area (Å²) < 4.78 is 0. The topological polar surface area (TPSA) is 46.3 Å². The third-order valence-corrected chi connectivity index (χ3v) is 3.44. The minimum atomic E-state index is -0.216. The number of carbonyl (C=O) groups excluding carboxylic acids is 1. The lowest BCUT2D eigenvalue weighted by Crippen LogP contribution is -2.24. The number of rotatable bonds is 1. The molecule has 0 aromatic heterocycles. The third-order valence-electron chi connectivity index (χ3n) is 3.44. The molecule has 2 N–H and O–H groups in total. The molecule has 1 aliphatic carbocycles. The van der Waals surface area contributed by atoms with Crippen molar-refractivity contribution in [1.29, 1.82) is 0 Å². The Morgan fingerprint density at radius 2 is 2.13 bits per heavy atom. The highest BCUT2D eigenvalue weighted by atomic mass is 16.2. The van der Waals surface area contributed by atoms with E-state index < -0.39 is 0 Å². The lowest BCUT2D eigenvalue weighted by molar-refractivity contribution is 0.0815. The number of hydrogen-bond acceptors (Lipinski definition) is 2. The fourth-order valence-corrected chi connectivity index (χ4v) is 2.32. The first-order chi connectivity index (χ1) is 7.12. The van der Waals surface area contributed by atoms with Crippen LogP contribution in [0.5, 0.6) is 0 Å². The molecule has 0 bridgehead atoms. The molecule has 1 saturated carbocycles. The van der Waals surface area contributed by atoms with Gasteiger partial charge in [0.25, 0.3) is 5.91 Å². The third kappa shape index (κ3) is 1.13. The van der Waals surface area contributed by atoms with Crippen molar-refractivity contribution in [2.45, 2.75) is 24.9 Å². The van der Waals surface area contributed by atoms with Gasteiger partial charge in [0, 0.05) is 24.7 Å². The first-order valence-corrected chi connectivity index (χ1v) is 5.28. The highest BCUT2D eigenvalue weighted by molar-refractivity contribution is 6.00. The van der Waals surface area contributed by atoms with Crippen LogP contribution in [-0.4, -0.2) is 17.9 Å². The van der Waals surface area contributed by atoms with Crippen LogP contribution < -0.4 is 5.73 Å². The summed E-state index contributed by atoms with van der Waals surface area (Å²) in [4.78, 5) is 13.7. The maximum atomic E-state index is 12.0. The molecule has 15 heavy (non-hydrogen) atoms. The summed E-state index contributed by atoms with van der Waals surface area (Å²) in [6.45, 7) is 0.720. The van der Waals surface area contributed by atoms with Crippen LogP contribution in [-0.2, 0) is 12.1 Å². The molecule has 3 heteroatoms. The number of hydrogen-bond donors (Lipinski definition) is 1. The van der Waals surface area contributed by atoms with Gasteiger partial charge < -0.3 is 10.6 Å². The van der Waals surface area contributed by atoms with Gasteiger partial charge in [-0.3, -0.25) is 4.79 Å². The molecule has 0 spiro atoms. The quantitative estimate of drug-likeness (QED) is 0.744. The van der Waals surface area contributed by atoms with E-state index in [4.69, 9.17) is 5.73 Å². The van der Waals surface area contributed by atoms with E-state index in [2.05, 4.69) is 0 Å². The first kappa shape index (κ1) is 8.92. The number of fused-ring (bicyclic) bond motifs is 1. The fourth-order valence-electron chi connectivity index (χ4n) is 2.32. The van der Waals surface area contributed by atoms with Crippen LogP contribution in [0.1, 0.15) is 34.3 Å². The van der Waals surface area contributed by atoms with Crippen molar-refractivity contribution < 1.29 is 4.79 Å². The standard InChI is InChI=1S/C12H14N2O/c1-14-7-8-3-2-4-9(10(8)11(14)15)12(13)5-6-12/h2-4H,5-7,13H2,1H3. The van der Waals surface area contributed by atoms with Crippen LogP contribution >= 0.6 is 0 Å². The summed E-state index contributed by atoms with van der Waals surface area (Å²) >= 11 is 0. The molecule has 0 atom stereocenters. The molecule has 1 fully saturated rings. The summed E-state index contributed by atoms with van der Waals surface area (Å²) in [5, 5.41) is 0. The summed E-state index contributed by atoms with van der Waals surface area (Å²) in [5.41, 5.74) is 9.00. The van der Waals surface area contributed by atoms with Gasteiger partial charge in [0.15, 0.2) is 0 Å². The van der Waals surface area contributed by atoms with Gasteiger partial charge in [0.1, 0.15) is 0 Å². The van der Waals surface area contributed by atoms with E-state index in [0.29, 0.717) is 0 Å². The minimum absolute atomic E-state index is 0.123. The zero-order chi connectivity index (χ0) is 10.6. The number of amides is 1. The van der Waals surface area contributed by atoms with Gasteiger partial charge in [-0.05, 0) is 24.0 Å². The van der Waals surface area contributed by atoms with Crippen LogP contribution in [0.25, 0.3) is 0 Å². The maximum absolute atomic E-state index is 12.0. The molecule has 3 nitrogen and oxygen atoms in total. The van der Waals surface area contributed by atoms with Gasteiger partial charge in [0.05, 0.1) is 0 Å². The first-order valence-electron chi connectivity index (χ1n) is 5.28. The summed E-state index contributed by atoms with van der Waals surface area (Å²) in [7, 11) is 1.84. The Hall–Kier alpha value is -1.35. The molecule has 3 rings (SSSR count). The Morgan fingerprint density at radius 1 is 1.40 bits per heavy atom. The molecule has 1 aromatic rings. The van der Waals surface area contributed by atoms with Crippen LogP contribution in [0.2, 0.25) is 0 Å². The molecule has 2 aliphatic rings. The number of nitrogens with two attached hydrogens (primary N) is 1. The monoisotopic (exact) mass is 202 g/mol. The van der Waals surface area contributed by atoms with Crippen molar-refractivity contribution in [2.24, 2.45) is 5.73 Å². The lowest BCUT2D eigenvalue weighted by atomic mass is 9.96. The molecule has 1 heterocycles. The van der Waals surface area contributed by atoms with Crippen molar-refractivity contribution in [2.75, 3.05) is 7.05 Å². The van der Waals surface area contributed by atoms with E-state index in [1.807, 2.05) is 25.2 Å². The highest BCUT2D eigenvalue weighted by Crippen LogP contribution is 2.45. The molecule has 1 aromatic carbocycles. The van der Waals surface area contributed by atoms with Gasteiger partial charge in [-0.15, -0.1) is 0 Å². The molecule has 0 saturated heterocycles. The molecule has 1 aliphatic heterocycles. The van der Waals surface area contributed by atoms with Crippen LogP contribution in [0.15, 0.2) is 18.2 Å². The number of carbonyl (C=O) groups is 1. The lowest BCUT2D eigenvalue weighted by Gasteiger charge is -2.13. The van der Waals surface area contributed by atoms with E-state index in [1.165, 1.54) is 0 Å². The van der Waals surface area contributed by atoms with Crippen LogP contribution in [0, 0.1) is 0 Å². The van der Waals surface area contributed by atoms with Gasteiger partial charge in [-0.25, -0.2) is 0 Å². The largest absolute Gasteiger partial charge is 0.337 e. The normalized spacial score (nSPS) is 21.7. The highest BCUT2D eigenvalue weighted by Gasteiger charge is 2.44. The molecule has 0 unspecified atom stereocenters. The Labute approximate surface area is 88.9 Å². The van der Waals surface area contributed by atoms with E-state index >= 15 is 0 Å². The second-order valence-electron chi connectivity index (χ2n) is 4.66. The van der Waals surface area contributed by atoms with Crippen molar-refractivity contribution in [3.8, 4) is 0 Å². The zero-order valence-electron chi connectivity index (χ0n) is 8.79. The molecular formula is C12H14N2O. The zero-order valence-corrected chi connectivity index (χ0v) is 8.79. The smallest absolute Gasteiger partial charge is 0.254 e. The molecule has 1 amide bonds. The number of nitrogens with zero attached hydrogens (tertiary/aromatic N) is 1. The molecule has 0 radical (unpaired) electrons. The predicted octanol–water partition coefficient (Wildman–Crippen LogP) is 1.22. The Kier molecular flexibility index (Phi) is 1.55. The van der Waals surface area contributed by atoms with Crippen molar-refractivity contribution >= 4 is 5.91 Å². The Balaban J connectivity index is 2.19. The Morgan fingerprint density at radius 3 is 2.80 bits per heavy atom. The van der Waals surface area contributed by atoms with E-state index in [-0.39, 0.29) is 11.4 Å². The second-order valence-corrected chi connectivity index (χ2v) is 4.66. The van der Waals surface area contributed by atoms with Crippen molar-refractivity contribution in [3.05, 3.63) is 34.9 Å². The number of benzene rings is 1. The Bertz CT molecular complexity index is 449. The average Bonchev–Trinajstić information content (AvgIpc) is 2.89. The van der Waals surface area contributed by atoms with Gasteiger partial charge >= 0.3 is 0 Å². The van der Waals surface area contributed by atoms with Gasteiger partial charge in [-0.1, -0.05) is 18.2 Å². The van der Waals surface area contributed by atoms with Gasteiger partial charge in [-0.2, -0.15) is 0 Å². The molecule has 78 valence electrons. The van der Waals surface area contributed by atoms with E-state index in [0.717, 1.165) is 36.1 Å². The minimum Gasteiger partial charge on any atom is -0.337 e. The van der Waals surface area contributed by atoms with E-state index in [9.17, 15) is 4.79 Å². The van der Waals surface area contributed by atoms with Crippen LogP contribution in [0.4, 0.5) is 0 Å². The van der Waals surface area contributed by atoms with E-state index in [1.54, 1.807) is 4.90 Å².